The van der Waals surface area contributed by atoms with Crippen LogP contribution in [0.25, 0.3) is 0 Å². The number of benzene rings is 1. The average Bonchev–Trinajstić information content (AvgIpc) is 2.80. The first-order valence-corrected chi connectivity index (χ1v) is 12.8. The van der Waals surface area contributed by atoms with Gasteiger partial charge in [0.15, 0.2) is 0 Å². The minimum Gasteiger partial charge on any atom is -0.387 e. The Morgan fingerprint density at radius 2 is 2.21 bits per heavy atom. The molecule has 8 heteroatoms. The Balaban J connectivity index is 2.15. The number of hydrogen-bond acceptors (Lipinski definition) is 6. The van der Waals surface area contributed by atoms with Crippen molar-refractivity contribution >= 4 is 34.1 Å². The van der Waals surface area contributed by atoms with Crippen LogP contribution in [-0.4, -0.2) is 39.6 Å². The molecular weight excluding hydrogens is 456 g/mol. The third kappa shape index (κ3) is 6.58. The number of nitrogens with zero attached hydrogens (tertiary/aromatic N) is 3. The molecule has 1 atom stereocenters. The maximum atomic E-state index is 10.3. The van der Waals surface area contributed by atoms with Crippen LogP contribution in [0, 0.1) is 6.92 Å². The normalized spacial score (nSPS) is 15.7. The second-order valence-corrected chi connectivity index (χ2v) is 10.1. The van der Waals surface area contributed by atoms with Crippen LogP contribution < -0.4 is 10.2 Å². The maximum Gasteiger partial charge on any atom is 0.128 e. The van der Waals surface area contributed by atoms with Crippen molar-refractivity contribution in [2.75, 3.05) is 24.2 Å². The molecule has 3 N–H and O–H groups in total. The summed E-state index contributed by atoms with van der Waals surface area (Å²) >= 11 is 6.13. The van der Waals surface area contributed by atoms with E-state index in [1.54, 1.807) is 30.6 Å². The van der Waals surface area contributed by atoms with Crippen LogP contribution in [-0.2, 0) is 0 Å². The molecule has 2 heterocycles. The molecule has 1 aliphatic rings. The van der Waals surface area contributed by atoms with Gasteiger partial charge in [-0.15, -0.1) is 0 Å². The number of rotatable bonds is 9. The predicted molar refractivity (Wildman–Crippen MR) is 140 cm³/mol. The molecule has 0 saturated heterocycles. The average molecular weight is 485 g/mol. The van der Waals surface area contributed by atoms with E-state index >= 15 is 0 Å². The number of anilines is 1. The van der Waals surface area contributed by atoms with Crippen LogP contribution >= 0.6 is 22.2 Å². The Kier molecular flexibility index (Phi) is 8.52. The van der Waals surface area contributed by atoms with Crippen LogP contribution in [0.3, 0.4) is 0 Å². The highest BCUT2D eigenvalue weighted by Gasteiger charge is 2.26. The minimum absolute atomic E-state index is 0.203. The van der Waals surface area contributed by atoms with Crippen molar-refractivity contribution in [1.29, 1.82) is 0 Å². The van der Waals surface area contributed by atoms with Crippen molar-refractivity contribution in [2.24, 2.45) is 4.99 Å². The zero-order valence-corrected chi connectivity index (χ0v) is 20.3. The number of allylic oxidation sites excluding steroid dienone is 2. The molecule has 0 spiro atoms. The lowest BCUT2D eigenvalue weighted by molar-refractivity contribution is 0.495. The van der Waals surface area contributed by atoms with Crippen molar-refractivity contribution in [3.8, 4) is 0 Å². The Hall–Kier alpha value is -2.84. The fourth-order valence-corrected chi connectivity index (χ4v) is 4.41. The van der Waals surface area contributed by atoms with Gasteiger partial charge >= 0.3 is 0 Å². The molecule has 0 saturated carbocycles. The van der Waals surface area contributed by atoms with E-state index < -0.39 is 10.6 Å². The fraction of sp³-hybridized carbons (Fsp3) is 0.200. The Bertz CT molecular complexity index is 1110. The summed E-state index contributed by atoms with van der Waals surface area (Å²) in [4.78, 5) is 11.3. The number of aliphatic imine (C=N–C) groups is 1. The number of nitrogens with one attached hydrogen (secondary N) is 1. The third-order valence-corrected chi connectivity index (χ3v) is 6.53. The summed E-state index contributed by atoms with van der Waals surface area (Å²) in [5.41, 5.74) is 3.99. The highest BCUT2D eigenvalue weighted by molar-refractivity contribution is 8.23. The largest absolute Gasteiger partial charge is 0.387 e. The second-order valence-electron chi connectivity index (χ2n) is 7.61. The molecule has 0 amide bonds. The molecule has 0 fully saturated rings. The first-order chi connectivity index (χ1) is 15.8. The van der Waals surface area contributed by atoms with E-state index in [2.05, 4.69) is 45.8 Å². The quantitative estimate of drug-likeness (QED) is 0.229. The van der Waals surface area contributed by atoms with E-state index in [0.29, 0.717) is 16.6 Å². The standard InChI is InChI=1S/C25H29ClN4O2S/c1-4-7-24(26)29-14-15-30(21-9-5-10-22(16-21)33(3,31)32)25(20-8-6-12-27-17-20)23-18-28-13-11-19(23)2/h4-11,13-14,16-18,25,27,31-32H,1,12,15H2,2-3H3/b24-7-,29-14-. The number of pyridine rings is 1. The maximum absolute atomic E-state index is 10.3. The third-order valence-electron chi connectivity index (χ3n) is 5.16. The molecular formula is C25H29ClN4O2S. The van der Waals surface area contributed by atoms with Gasteiger partial charge in [0.25, 0.3) is 0 Å². The highest BCUT2D eigenvalue weighted by atomic mass is 35.5. The topological polar surface area (TPSA) is 81.0 Å². The van der Waals surface area contributed by atoms with E-state index in [-0.39, 0.29) is 6.04 Å². The Morgan fingerprint density at radius 1 is 1.39 bits per heavy atom. The van der Waals surface area contributed by atoms with E-state index in [1.165, 1.54) is 6.26 Å². The van der Waals surface area contributed by atoms with Gasteiger partial charge < -0.3 is 10.2 Å². The van der Waals surface area contributed by atoms with Crippen LogP contribution in [0.5, 0.6) is 0 Å². The van der Waals surface area contributed by atoms with Gasteiger partial charge in [0.2, 0.25) is 0 Å². The van der Waals surface area contributed by atoms with Crippen LogP contribution in [0.2, 0.25) is 0 Å². The van der Waals surface area contributed by atoms with Gasteiger partial charge in [-0.2, -0.15) is 10.6 Å². The molecule has 0 bridgehead atoms. The number of dihydropyridines is 1. The fourth-order valence-electron chi connectivity index (χ4n) is 3.57. The number of halogens is 1. The summed E-state index contributed by atoms with van der Waals surface area (Å²) in [7, 11) is -2.88. The molecule has 0 radical (unpaired) electrons. The van der Waals surface area contributed by atoms with Gasteiger partial charge in [-0.3, -0.25) is 14.1 Å². The van der Waals surface area contributed by atoms with Crippen molar-refractivity contribution in [2.45, 2.75) is 17.9 Å². The summed E-state index contributed by atoms with van der Waals surface area (Å²) in [6, 6.07) is 9.09. The molecule has 1 aliphatic heterocycles. The molecule has 3 rings (SSSR count). The van der Waals surface area contributed by atoms with Crippen molar-refractivity contribution in [3.63, 3.8) is 0 Å². The Morgan fingerprint density at radius 3 is 2.88 bits per heavy atom. The molecule has 6 nitrogen and oxygen atoms in total. The monoisotopic (exact) mass is 484 g/mol. The van der Waals surface area contributed by atoms with Gasteiger partial charge in [0.1, 0.15) is 5.16 Å². The van der Waals surface area contributed by atoms with E-state index in [0.717, 1.165) is 28.9 Å². The van der Waals surface area contributed by atoms with Crippen molar-refractivity contribution in [1.82, 2.24) is 10.3 Å². The van der Waals surface area contributed by atoms with Crippen molar-refractivity contribution < 1.29 is 9.11 Å². The summed E-state index contributed by atoms with van der Waals surface area (Å²) < 4.78 is 20.5. The summed E-state index contributed by atoms with van der Waals surface area (Å²) in [5, 5.41) is 3.62. The molecule has 1 aromatic carbocycles. The predicted octanol–water partition coefficient (Wildman–Crippen LogP) is 6.06. The van der Waals surface area contributed by atoms with Gasteiger partial charge in [0.05, 0.1) is 17.5 Å². The lowest BCUT2D eigenvalue weighted by Crippen LogP contribution is -2.33. The van der Waals surface area contributed by atoms with Gasteiger partial charge in [-0.25, -0.2) is 4.99 Å². The SMILES string of the molecule is C=C/C=C(Cl)\N=C/CN(c1cccc(S(C)(O)O)c1)C(C1=CNCC=C1)c1cnccc1C. The van der Waals surface area contributed by atoms with Gasteiger partial charge in [-0.05, 0) is 48.4 Å². The molecule has 174 valence electrons. The lowest BCUT2D eigenvalue weighted by Gasteiger charge is -2.36. The first-order valence-electron chi connectivity index (χ1n) is 10.4. The highest BCUT2D eigenvalue weighted by Crippen LogP contribution is 2.46. The van der Waals surface area contributed by atoms with Gasteiger partial charge in [-0.1, -0.05) is 42.5 Å². The van der Waals surface area contributed by atoms with Gasteiger partial charge in [0, 0.05) is 48.9 Å². The Labute approximate surface area is 202 Å². The smallest absolute Gasteiger partial charge is 0.128 e. The van der Waals surface area contributed by atoms with Crippen LogP contribution in [0.1, 0.15) is 17.2 Å². The number of aryl methyl sites for hydroxylation is 1. The molecule has 1 aromatic heterocycles. The van der Waals surface area contributed by atoms with E-state index in [1.807, 2.05) is 36.7 Å². The zero-order valence-electron chi connectivity index (χ0n) is 18.7. The van der Waals surface area contributed by atoms with Crippen LogP contribution in [0.15, 0.2) is 100 Å². The zero-order chi connectivity index (χ0) is 23.8. The summed E-state index contributed by atoms with van der Waals surface area (Å²) in [6.07, 6.45) is 16.2. The second kappa shape index (κ2) is 11.3. The van der Waals surface area contributed by atoms with E-state index in [4.69, 9.17) is 11.6 Å². The minimum atomic E-state index is -2.88. The van der Waals surface area contributed by atoms with E-state index in [9.17, 15) is 9.11 Å². The first kappa shape index (κ1) is 24.8. The lowest BCUT2D eigenvalue weighted by atomic mass is 9.93. The van der Waals surface area contributed by atoms with Crippen LogP contribution in [0.4, 0.5) is 5.69 Å². The summed E-state index contributed by atoms with van der Waals surface area (Å²) in [6.45, 7) is 6.88. The van der Waals surface area contributed by atoms with Crippen molar-refractivity contribution in [3.05, 3.63) is 102 Å². The molecule has 2 aromatic rings. The molecule has 33 heavy (non-hydrogen) atoms. The molecule has 0 aliphatic carbocycles. The number of hydrogen-bond donors (Lipinski definition) is 3. The summed E-state index contributed by atoms with van der Waals surface area (Å²) in [5.74, 6) is 0. The number of aromatic nitrogens is 1. The molecule has 1 unspecified atom stereocenters.